The van der Waals surface area contributed by atoms with Gasteiger partial charge in [0.05, 0.1) is 17.5 Å². The lowest BCUT2D eigenvalue weighted by Crippen LogP contribution is -2.39. The first-order chi connectivity index (χ1) is 13.6. The molecule has 7 nitrogen and oxygen atoms in total. The van der Waals surface area contributed by atoms with Crippen LogP contribution in [0.1, 0.15) is 37.4 Å². The summed E-state index contributed by atoms with van der Waals surface area (Å²) in [6.45, 7) is 6.65. The van der Waals surface area contributed by atoms with E-state index in [9.17, 15) is 10.1 Å². The maximum atomic E-state index is 10.8. The fourth-order valence-corrected chi connectivity index (χ4v) is 2.60. The van der Waals surface area contributed by atoms with Gasteiger partial charge < -0.3 is 15.4 Å². The first-order valence-electron chi connectivity index (χ1n) is 9.51. The fourth-order valence-electron chi connectivity index (χ4n) is 2.60. The number of aliphatic imine (C=N–C) groups is 1. The molecular weight excluding hydrogens is 356 g/mol. The molecule has 0 aliphatic carbocycles. The van der Waals surface area contributed by atoms with E-state index in [0.717, 1.165) is 18.5 Å². The number of ether oxygens (including phenoxy) is 1. The number of hydrogen-bond acceptors (Lipinski definition) is 4. The summed E-state index contributed by atoms with van der Waals surface area (Å²) >= 11 is 0. The van der Waals surface area contributed by atoms with E-state index in [0.29, 0.717) is 25.7 Å². The zero-order valence-electron chi connectivity index (χ0n) is 16.4. The largest absolute Gasteiger partial charge is 0.382 e. The molecule has 150 valence electrons. The van der Waals surface area contributed by atoms with Crippen LogP contribution in [-0.2, 0) is 11.3 Å². The summed E-state index contributed by atoms with van der Waals surface area (Å²) in [7, 11) is 0. The van der Waals surface area contributed by atoms with Gasteiger partial charge in [0.1, 0.15) is 0 Å². The highest BCUT2D eigenvalue weighted by Crippen LogP contribution is 2.13. The maximum Gasteiger partial charge on any atom is 0.269 e. The lowest BCUT2D eigenvalue weighted by atomic mass is 10.1. The molecule has 2 N–H and O–H groups in total. The Labute approximate surface area is 166 Å². The van der Waals surface area contributed by atoms with Crippen molar-refractivity contribution in [3.63, 3.8) is 0 Å². The Morgan fingerprint density at radius 2 is 1.89 bits per heavy atom. The summed E-state index contributed by atoms with van der Waals surface area (Å²) in [5.74, 6) is 0.700. The van der Waals surface area contributed by atoms with Gasteiger partial charge in [0, 0.05) is 31.9 Å². The van der Waals surface area contributed by atoms with Crippen molar-refractivity contribution < 1.29 is 9.66 Å². The standard InChI is InChI=1S/C21H28N4O3/c1-3-28-15-7-14-22-21(24-17(2)19-8-5-4-6-9-19)23-16-18-10-12-20(13-11-18)25(26)27/h4-6,8-13,17H,3,7,14-16H2,1-2H3,(H2,22,23,24). The van der Waals surface area contributed by atoms with Crippen LogP contribution >= 0.6 is 0 Å². The topological polar surface area (TPSA) is 88.8 Å². The van der Waals surface area contributed by atoms with Gasteiger partial charge in [0.2, 0.25) is 0 Å². The monoisotopic (exact) mass is 384 g/mol. The van der Waals surface area contributed by atoms with Crippen LogP contribution in [0.3, 0.4) is 0 Å². The quantitative estimate of drug-likeness (QED) is 0.214. The van der Waals surface area contributed by atoms with Crippen LogP contribution in [0.5, 0.6) is 0 Å². The number of benzene rings is 2. The minimum atomic E-state index is -0.401. The van der Waals surface area contributed by atoms with Crippen LogP contribution in [0, 0.1) is 10.1 Å². The molecule has 1 atom stereocenters. The van der Waals surface area contributed by atoms with E-state index in [2.05, 4.69) is 34.7 Å². The molecule has 0 aliphatic heterocycles. The normalized spacial score (nSPS) is 12.4. The van der Waals surface area contributed by atoms with Crippen molar-refractivity contribution in [3.8, 4) is 0 Å². The molecule has 0 radical (unpaired) electrons. The molecule has 7 heteroatoms. The molecule has 0 aliphatic rings. The number of hydrogen-bond donors (Lipinski definition) is 2. The smallest absolute Gasteiger partial charge is 0.269 e. The highest BCUT2D eigenvalue weighted by atomic mass is 16.6. The molecule has 0 spiro atoms. The van der Waals surface area contributed by atoms with Crippen molar-refractivity contribution in [3.05, 3.63) is 75.8 Å². The Bertz CT molecular complexity index is 748. The van der Waals surface area contributed by atoms with Crippen LogP contribution in [0.25, 0.3) is 0 Å². The molecule has 0 bridgehead atoms. The van der Waals surface area contributed by atoms with E-state index >= 15 is 0 Å². The molecular formula is C21H28N4O3. The van der Waals surface area contributed by atoms with Crippen molar-refractivity contribution in [1.82, 2.24) is 10.6 Å². The van der Waals surface area contributed by atoms with Crippen molar-refractivity contribution in [1.29, 1.82) is 0 Å². The van der Waals surface area contributed by atoms with Gasteiger partial charge in [-0.2, -0.15) is 0 Å². The summed E-state index contributed by atoms with van der Waals surface area (Å²) < 4.78 is 5.37. The SMILES string of the molecule is CCOCCCNC(=NCc1ccc([N+](=O)[O-])cc1)NC(C)c1ccccc1. The van der Waals surface area contributed by atoms with E-state index in [1.807, 2.05) is 25.1 Å². The van der Waals surface area contributed by atoms with Crippen LogP contribution in [0.4, 0.5) is 5.69 Å². The predicted octanol–water partition coefficient (Wildman–Crippen LogP) is 3.82. The number of guanidine groups is 1. The molecule has 0 heterocycles. The van der Waals surface area contributed by atoms with Crippen LogP contribution in [0.15, 0.2) is 59.6 Å². The van der Waals surface area contributed by atoms with Crippen LogP contribution in [-0.4, -0.2) is 30.6 Å². The Morgan fingerprint density at radius 1 is 1.18 bits per heavy atom. The Balaban J connectivity index is 2.01. The third-order valence-electron chi connectivity index (χ3n) is 4.18. The van der Waals surface area contributed by atoms with Gasteiger partial charge in [-0.3, -0.25) is 10.1 Å². The van der Waals surface area contributed by atoms with Gasteiger partial charge in [-0.05, 0) is 31.4 Å². The minimum Gasteiger partial charge on any atom is -0.382 e. The fraction of sp³-hybridized carbons (Fsp3) is 0.381. The first kappa shape index (κ1) is 21.4. The summed E-state index contributed by atoms with van der Waals surface area (Å²) in [4.78, 5) is 15.0. The highest BCUT2D eigenvalue weighted by molar-refractivity contribution is 5.80. The molecule has 2 rings (SSSR count). The van der Waals surface area contributed by atoms with Crippen molar-refractivity contribution >= 4 is 11.6 Å². The molecule has 2 aromatic rings. The lowest BCUT2D eigenvalue weighted by Gasteiger charge is -2.19. The number of nitro benzene ring substituents is 1. The zero-order chi connectivity index (χ0) is 20.2. The molecule has 28 heavy (non-hydrogen) atoms. The average Bonchev–Trinajstić information content (AvgIpc) is 2.72. The van der Waals surface area contributed by atoms with E-state index in [-0.39, 0.29) is 11.7 Å². The molecule has 2 aromatic carbocycles. The van der Waals surface area contributed by atoms with E-state index in [1.54, 1.807) is 12.1 Å². The van der Waals surface area contributed by atoms with Crippen molar-refractivity contribution in [2.24, 2.45) is 4.99 Å². The molecule has 0 fully saturated rings. The number of nitrogens with zero attached hydrogens (tertiary/aromatic N) is 2. The Morgan fingerprint density at radius 3 is 2.54 bits per heavy atom. The molecule has 0 aromatic heterocycles. The number of non-ortho nitro benzene ring substituents is 1. The number of rotatable bonds is 10. The van der Waals surface area contributed by atoms with Crippen LogP contribution in [0.2, 0.25) is 0 Å². The third-order valence-corrected chi connectivity index (χ3v) is 4.18. The van der Waals surface area contributed by atoms with Gasteiger partial charge in [-0.25, -0.2) is 4.99 Å². The first-order valence-corrected chi connectivity index (χ1v) is 9.51. The number of nitrogens with one attached hydrogen (secondary N) is 2. The second-order valence-electron chi connectivity index (χ2n) is 6.34. The minimum absolute atomic E-state index is 0.0813. The van der Waals surface area contributed by atoms with Crippen molar-refractivity contribution in [2.75, 3.05) is 19.8 Å². The maximum absolute atomic E-state index is 10.8. The molecule has 0 amide bonds. The van der Waals surface area contributed by atoms with Gasteiger partial charge in [0.25, 0.3) is 5.69 Å². The number of nitro groups is 1. The summed E-state index contributed by atoms with van der Waals surface area (Å²) in [6.07, 6.45) is 0.881. The second kappa shape index (κ2) is 11.7. The van der Waals surface area contributed by atoms with E-state index < -0.39 is 4.92 Å². The lowest BCUT2D eigenvalue weighted by molar-refractivity contribution is -0.384. The Kier molecular flexibility index (Phi) is 8.94. The van der Waals surface area contributed by atoms with E-state index in [4.69, 9.17) is 4.74 Å². The van der Waals surface area contributed by atoms with Gasteiger partial charge in [-0.1, -0.05) is 42.5 Å². The summed E-state index contributed by atoms with van der Waals surface area (Å²) in [5, 5.41) is 17.5. The molecule has 0 saturated heterocycles. The van der Waals surface area contributed by atoms with E-state index in [1.165, 1.54) is 17.7 Å². The third kappa shape index (κ3) is 7.36. The summed E-state index contributed by atoms with van der Waals surface area (Å²) in [5.41, 5.74) is 2.16. The van der Waals surface area contributed by atoms with Gasteiger partial charge in [-0.15, -0.1) is 0 Å². The van der Waals surface area contributed by atoms with Gasteiger partial charge >= 0.3 is 0 Å². The predicted molar refractivity (Wildman–Crippen MR) is 111 cm³/mol. The van der Waals surface area contributed by atoms with Crippen molar-refractivity contribution in [2.45, 2.75) is 32.9 Å². The second-order valence-corrected chi connectivity index (χ2v) is 6.34. The zero-order valence-corrected chi connectivity index (χ0v) is 16.4. The molecule has 0 saturated carbocycles. The summed E-state index contributed by atoms with van der Waals surface area (Å²) in [6, 6.07) is 16.7. The van der Waals surface area contributed by atoms with Crippen LogP contribution < -0.4 is 10.6 Å². The average molecular weight is 384 g/mol. The molecule has 1 unspecified atom stereocenters. The Hall–Kier alpha value is -2.93. The van der Waals surface area contributed by atoms with Gasteiger partial charge in [0.15, 0.2) is 5.96 Å². The highest BCUT2D eigenvalue weighted by Gasteiger charge is 2.08.